The first-order chi connectivity index (χ1) is 22.3. The van der Waals surface area contributed by atoms with Crippen molar-refractivity contribution >= 4 is 74.8 Å². The van der Waals surface area contributed by atoms with E-state index in [9.17, 15) is 4.79 Å². The monoisotopic (exact) mass is 690 g/mol. The van der Waals surface area contributed by atoms with Crippen molar-refractivity contribution in [3.8, 4) is 0 Å². The summed E-state index contributed by atoms with van der Waals surface area (Å²) in [6.07, 6.45) is 2.31. The topological polar surface area (TPSA) is 80.5 Å². The van der Waals surface area contributed by atoms with Crippen LogP contribution in [0.15, 0.2) is 72.8 Å². The predicted octanol–water partition coefficient (Wildman–Crippen LogP) is 7.58. The molecule has 0 spiro atoms. The number of thiocarbonyl (C=S) groups is 3. The fourth-order valence-electron chi connectivity index (χ4n) is 4.65. The Labute approximate surface area is 297 Å². The maximum Gasteiger partial charge on any atom is 0.227 e. The van der Waals surface area contributed by atoms with E-state index in [-0.39, 0.29) is 17.7 Å². The normalized spacial score (nSPS) is 11.0. The quantitative estimate of drug-likeness (QED) is 0.110. The Hall–Kier alpha value is -3.60. The second-order valence-corrected chi connectivity index (χ2v) is 14.3. The lowest BCUT2D eigenvalue weighted by Gasteiger charge is -2.24. The fourth-order valence-corrected chi connectivity index (χ4v) is 5.21. The maximum absolute atomic E-state index is 13.5. The van der Waals surface area contributed by atoms with E-state index in [0.29, 0.717) is 42.3 Å². The minimum Gasteiger partial charge on any atom is -0.361 e. The van der Waals surface area contributed by atoms with Gasteiger partial charge >= 0.3 is 0 Å². The van der Waals surface area contributed by atoms with E-state index in [1.54, 1.807) is 0 Å². The summed E-state index contributed by atoms with van der Waals surface area (Å²) in [5, 5.41) is 17.3. The Morgan fingerprint density at radius 2 is 1.11 bits per heavy atom. The van der Waals surface area contributed by atoms with Gasteiger partial charge in [0.1, 0.15) is 0 Å². The SMILES string of the molecule is CCc1ccc(NC(=S)NCCN(CCNC(=S)Nc2ccc(CC(C)C)cc2)C(=O)Cc2ccc(NC(=S)C(C)(C)C)cc2)cc1. The second kappa shape index (κ2) is 18.7. The molecule has 0 bridgehead atoms. The molecule has 1 amide bonds. The minimum atomic E-state index is -0.125. The van der Waals surface area contributed by atoms with Gasteiger partial charge in [-0.3, -0.25) is 4.79 Å². The molecular weight excluding hydrogens is 641 g/mol. The molecule has 0 aromatic heterocycles. The molecule has 0 saturated heterocycles. The standard InChI is InChI=1S/C37H50N6OS3/c1-7-27-8-14-31(15-9-27)41-35(46)38-20-22-43(23-21-39-36(47)42-32-18-10-28(11-19-32)24-26(2)3)33(44)25-29-12-16-30(17-13-29)40-34(45)37(4,5)6/h8-19,26H,7,20-25H2,1-6H3,(H,40,45)(H2,38,41,46)(H2,39,42,47). The van der Waals surface area contributed by atoms with E-state index in [1.807, 2.05) is 53.4 Å². The molecule has 3 aromatic rings. The summed E-state index contributed by atoms with van der Waals surface area (Å²) < 4.78 is 0. The molecule has 252 valence electrons. The molecule has 0 heterocycles. The molecule has 10 heteroatoms. The zero-order valence-electron chi connectivity index (χ0n) is 28.5. The summed E-state index contributed by atoms with van der Waals surface area (Å²) in [5.41, 5.74) is 6.14. The Kier molecular flexibility index (Phi) is 15.0. The van der Waals surface area contributed by atoms with Crippen LogP contribution in [0.1, 0.15) is 58.2 Å². The van der Waals surface area contributed by atoms with Crippen molar-refractivity contribution in [2.45, 2.75) is 60.8 Å². The Morgan fingerprint density at radius 1 is 0.681 bits per heavy atom. The van der Waals surface area contributed by atoms with Crippen LogP contribution in [0.2, 0.25) is 0 Å². The zero-order chi connectivity index (χ0) is 34.4. The van der Waals surface area contributed by atoms with Crippen molar-refractivity contribution in [3.05, 3.63) is 89.5 Å². The number of benzene rings is 3. The molecule has 0 radical (unpaired) electrons. The number of amides is 1. The lowest BCUT2D eigenvalue weighted by Crippen LogP contribution is -2.44. The highest BCUT2D eigenvalue weighted by Crippen LogP contribution is 2.20. The van der Waals surface area contributed by atoms with Gasteiger partial charge in [-0.25, -0.2) is 0 Å². The molecule has 0 aliphatic carbocycles. The maximum atomic E-state index is 13.5. The highest BCUT2D eigenvalue weighted by Gasteiger charge is 2.18. The van der Waals surface area contributed by atoms with Crippen LogP contribution < -0.4 is 26.6 Å². The number of rotatable bonds is 14. The fraction of sp³-hybridized carbons (Fsp3) is 0.405. The van der Waals surface area contributed by atoms with Gasteiger partial charge in [-0.05, 0) is 96.3 Å². The molecule has 3 rings (SSSR count). The number of carbonyl (C=O) groups is 1. The molecule has 7 nitrogen and oxygen atoms in total. The highest BCUT2D eigenvalue weighted by atomic mass is 32.1. The number of nitrogens with zero attached hydrogens (tertiary/aromatic N) is 1. The van der Waals surface area contributed by atoms with E-state index in [2.05, 4.69) is 92.4 Å². The van der Waals surface area contributed by atoms with Crippen molar-refractivity contribution in [2.75, 3.05) is 42.1 Å². The number of nitrogens with one attached hydrogen (secondary N) is 5. The minimum absolute atomic E-state index is 0.0215. The average molecular weight is 691 g/mol. The Balaban J connectivity index is 1.56. The van der Waals surface area contributed by atoms with Gasteiger partial charge in [-0.1, -0.05) is 90.2 Å². The van der Waals surface area contributed by atoms with Crippen molar-refractivity contribution in [1.29, 1.82) is 0 Å². The molecule has 47 heavy (non-hydrogen) atoms. The van der Waals surface area contributed by atoms with Crippen LogP contribution in [0.5, 0.6) is 0 Å². The van der Waals surface area contributed by atoms with E-state index in [1.165, 1.54) is 11.1 Å². The van der Waals surface area contributed by atoms with Crippen molar-refractivity contribution in [3.63, 3.8) is 0 Å². The van der Waals surface area contributed by atoms with Gasteiger partial charge < -0.3 is 31.5 Å². The lowest BCUT2D eigenvalue weighted by molar-refractivity contribution is -0.130. The van der Waals surface area contributed by atoms with Gasteiger partial charge in [-0.15, -0.1) is 0 Å². The zero-order valence-corrected chi connectivity index (χ0v) is 31.0. The average Bonchev–Trinajstić information content (AvgIpc) is 3.01. The lowest BCUT2D eigenvalue weighted by atomic mass is 9.96. The molecule has 5 N–H and O–H groups in total. The summed E-state index contributed by atoms with van der Waals surface area (Å²) in [6.45, 7) is 14.8. The number of anilines is 3. The number of hydrogen-bond donors (Lipinski definition) is 5. The number of aryl methyl sites for hydroxylation is 1. The van der Waals surface area contributed by atoms with Crippen LogP contribution in [0.3, 0.4) is 0 Å². The van der Waals surface area contributed by atoms with Crippen LogP contribution >= 0.6 is 36.7 Å². The second-order valence-electron chi connectivity index (χ2n) is 13.1. The van der Waals surface area contributed by atoms with Gasteiger partial charge in [-0.2, -0.15) is 0 Å². The molecule has 0 aliphatic rings. The van der Waals surface area contributed by atoms with Gasteiger partial charge in [0.05, 0.1) is 11.4 Å². The third-order valence-corrected chi connectivity index (χ3v) is 8.62. The Morgan fingerprint density at radius 3 is 1.53 bits per heavy atom. The molecule has 0 fully saturated rings. The van der Waals surface area contributed by atoms with Crippen molar-refractivity contribution < 1.29 is 4.79 Å². The summed E-state index contributed by atoms with van der Waals surface area (Å²) in [4.78, 5) is 16.2. The van der Waals surface area contributed by atoms with Crippen LogP contribution in [0.25, 0.3) is 0 Å². The van der Waals surface area contributed by atoms with Crippen LogP contribution in [0.4, 0.5) is 17.1 Å². The van der Waals surface area contributed by atoms with Crippen molar-refractivity contribution in [1.82, 2.24) is 15.5 Å². The first-order valence-corrected chi connectivity index (χ1v) is 17.5. The van der Waals surface area contributed by atoms with Gasteiger partial charge in [0.2, 0.25) is 5.91 Å². The van der Waals surface area contributed by atoms with Gasteiger partial charge in [0.15, 0.2) is 10.2 Å². The molecule has 0 saturated carbocycles. The van der Waals surface area contributed by atoms with Gasteiger partial charge in [0, 0.05) is 48.7 Å². The van der Waals surface area contributed by atoms with Crippen molar-refractivity contribution in [2.24, 2.45) is 11.3 Å². The molecule has 0 unspecified atom stereocenters. The summed E-state index contributed by atoms with van der Waals surface area (Å²) in [7, 11) is 0. The van der Waals surface area contributed by atoms with Crippen LogP contribution in [0, 0.1) is 11.3 Å². The predicted molar refractivity (Wildman–Crippen MR) is 212 cm³/mol. The first-order valence-electron chi connectivity index (χ1n) is 16.3. The third-order valence-electron chi connectivity index (χ3n) is 7.41. The largest absolute Gasteiger partial charge is 0.361 e. The molecular formula is C37H50N6OS3. The first kappa shape index (κ1) is 37.9. The highest BCUT2D eigenvalue weighted by molar-refractivity contribution is 7.81. The van der Waals surface area contributed by atoms with E-state index in [4.69, 9.17) is 36.7 Å². The van der Waals surface area contributed by atoms with E-state index < -0.39 is 0 Å². The molecule has 0 aliphatic heterocycles. The number of carbonyl (C=O) groups excluding carboxylic acids is 1. The van der Waals surface area contributed by atoms with Crippen LogP contribution in [-0.4, -0.2) is 52.2 Å². The van der Waals surface area contributed by atoms with Gasteiger partial charge in [0.25, 0.3) is 0 Å². The summed E-state index contributed by atoms with van der Waals surface area (Å²) in [6, 6.07) is 24.4. The number of hydrogen-bond acceptors (Lipinski definition) is 4. The third kappa shape index (κ3) is 14.0. The van der Waals surface area contributed by atoms with Crippen LogP contribution in [-0.2, 0) is 24.1 Å². The van der Waals surface area contributed by atoms with E-state index >= 15 is 0 Å². The summed E-state index contributed by atoms with van der Waals surface area (Å²) in [5.74, 6) is 0.629. The van der Waals surface area contributed by atoms with E-state index in [0.717, 1.165) is 40.5 Å². The molecule has 0 atom stereocenters. The Bertz CT molecular complexity index is 1470. The molecule has 3 aromatic carbocycles. The summed E-state index contributed by atoms with van der Waals surface area (Å²) >= 11 is 16.6. The smallest absolute Gasteiger partial charge is 0.227 e.